The number of carbonyl (C=O) groups excluding carboxylic acids is 1. The maximum Gasteiger partial charge on any atom is 0.294 e. The van der Waals surface area contributed by atoms with Crippen molar-refractivity contribution in [3.8, 4) is 0 Å². The molecular weight excluding hydrogens is 284 g/mol. The summed E-state index contributed by atoms with van der Waals surface area (Å²) in [6.45, 7) is 5.88. The lowest BCUT2D eigenvalue weighted by atomic mass is 10.2. The molecule has 1 amide bonds. The summed E-state index contributed by atoms with van der Waals surface area (Å²) >= 11 is 1.31. The number of thiazole rings is 1. The van der Waals surface area contributed by atoms with Gasteiger partial charge in [0.2, 0.25) is 0 Å². The van der Waals surface area contributed by atoms with E-state index < -0.39 is 0 Å². The first-order chi connectivity index (χ1) is 10.1. The largest absolute Gasteiger partial charge is 0.294 e. The Bertz CT molecular complexity index is 582. The number of nitrogens with two attached hydrogens (primary N) is 1. The number of aromatic nitrogens is 1. The lowest BCUT2D eigenvalue weighted by Crippen LogP contribution is -2.31. The third-order valence-electron chi connectivity index (χ3n) is 3.20. The Morgan fingerprint density at radius 1 is 1.33 bits per heavy atom. The highest BCUT2D eigenvalue weighted by Gasteiger charge is 2.15. The lowest BCUT2D eigenvalue weighted by Gasteiger charge is -2.25. The number of benzene rings is 1. The quantitative estimate of drug-likeness (QED) is 0.487. The van der Waals surface area contributed by atoms with Gasteiger partial charge in [0.25, 0.3) is 5.91 Å². The number of hydrogen-bond donors (Lipinski definition) is 2. The van der Waals surface area contributed by atoms with Crippen molar-refractivity contribution >= 4 is 17.2 Å². The van der Waals surface area contributed by atoms with Gasteiger partial charge in [-0.25, -0.2) is 10.8 Å². The molecule has 0 aliphatic heterocycles. The molecule has 0 atom stereocenters. The monoisotopic (exact) mass is 304 g/mol. The van der Waals surface area contributed by atoms with E-state index in [0.717, 1.165) is 12.2 Å². The van der Waals surface area contributed by atoms with Crippen LogP contribution in [0.25, 0.3) is 0 Å². The van der Waals surface area contributed by atoms with Gasteiger partial charge in [-0.3, -0.25) is 15.1 Å². The minimum atomic E-state index is -0.342. The average molecular weight is 304 g/mol. The highest BCUT2D eigenvalue weighted by Crippen LogP contribution is 2.15. The van der Waals surface area contributed by atoms with Gasteiger partial charge in [-0.2, -0.15) is 0 Å². The summed E-state index contributed by atoms with van der Waals surface area (Å²) in [5, 5.41) is 2.31. The molecule has 0 saturated heterocycles. The molecule has 0 aliphatic rings. The number of rotatable bonds is 6. The summed E-state index contributed by atoms with van der Waals surface area (Å²) in [7, 11) is 0. The van der Waals surface area contributed by atoms with Crippen molar-refractivity contribution in [2.75, 3.05) is 0 Å². The second-order valence-electron chi connectivity index (χ2n) is 5.10. The zero-order chi connectivity index (χ0) is 15.2. The van der Waals surface area contributed by atoms with E-state index in [4.69, 9.17) is 5.84 Å². The second kappa shape index (κ2) is 7.31. The van der Waals surface area contributed by atoms with Gasteiger partial charge >= 0.3 is 0 Å². The van der Waals surface area contributed by atoms with Crippen LogP contribution in [0, 0.1) is 0 Å². The van der Waals surface area contributed by atoms with Gasteiger partial charge in [0.1, 0.15) is 0 Å². The highest BCUT2D eigenvalue weighted by atomic mass is 32.1. The fraction of sp³-hybridized carbons (Fsp3) is 0.333. The Kier molecular flexibility index (Phi) is 5.44. The second-order valence-corrected chi connectivity index (χ2v) is 5.96. The molecule has 2 aromatic rings. The molecule has 112 valence electrons. The molecule has 0 aliphatic carbocycles. The molecule has 1 heterocycles. The number of nitrogen functional groups attached to an aromatic ring is 1. The fourth-order valence-electron chi connectivity index (χ4n) is 1.99. The van der Waals surface area contributed by atoms with Gasteiger partial charge in [0, 0.05) is 24.5 Å². The third kappa shape index (κ3) is 4.35. The molecule has 0 bridgehead atoms. The maximum absolute atomic E-state index is 11.4. The van der Waals surface area contributed by atoms with E-state index in [1.54, 1.807) is 0 Å². The van der Waals surface area contributed by atoms with Crippen LogP contribution in [0.5, 0.6) is 0 Å². The molecule has 3 N–H and O–H groups in total. The molecule has 6 heteroatoms. The Morgan fingerprint density at radius 3 is 2.67 bits per heavy atom. The first kappa shape index (κ1) is 15.6. The molecule has 21 heavy (non-hydrogen) atoms. The minimum Gasteiger partial charge on any atom is -0.291 e. The minimum absolute atomic E-state index is 0.342. The molecule has 0 spiro atoms. The van der Waals surface area contributed by atoms with Crippen LogP contribution in [0.15, 0.2) is 35.7 Å². The van der Waals surface area contributed by atoms with Crippen LogP contribution in [-0.2, 0) is 13.1 Å². The molecule has 2 rings (SSSR count). The molecular formula is C15H20N4OS. The van der Waals surface area contributed by atoms with Crippen LogP contribution in [-0.4, -0.2) is 21.8 Å². The topological polar surface area (TPSA) is 71.2 Å². The van der Waals surface area contributed by atoms with Gasteiger partial charge in [-0.05, 0) is 19.4 Å². The Morgan fingerprint density at radius 2 is 2.05 bits per heavy atom. The number of amides is 1. The van der Waals surface area contributed by atoms with E-state index in [1.165, 1.54) is 16.9 Å². The van der Waals surface area contributed by atoms with Crippen molar-refractivity contribution in [1.29, 1.82) is 0 Å². The van der Waals surface area contributed by atoms with E-state index in [0.29, 0.717) is 17.6 Å². The van der Waals surface area contributed by atoms with Crippen LogP contribution in [0.3, 0.4) is 0 Å². The number of carbonyl (C=O) groups is 1. The van der Waals surface area contributed by atoms with Crippen molar-refractivity contribution in [2.45, 2.75) is 33.0 Å². The molecule has 1 aromatic carbocycles. The van der Waals surface area contributed by atoms with Crippen LogP contribution < -0.4 is 11.3 Å². The Hall–Kier alpha value is -1.76. The summed E-state index contributed by atoms with van der Waals surface area (Å²) < 4.78 is 0. The van der Waals surface area contributed by atoms with Crippen molar-refractivity contribution in [3.05, 3.63) is 52.0 Å². The predicted molar refractivity (Wildman–Crippen MR) is 84.6 cm³/mol. The first-order valence-corrected chi connectivity index (χ1v) is 7.71. The van der Waals surface area contributed by atoms with Crippen LogP contribution in [0.2, 0.25) is 0 Å². The predicted octanol–water partition coefficient (Wildman–Crippen LogP) is 2.16. The zero-order valence-electron chi connectivity index (χ0n) is 12.2. The van der Waals surface area contributed by atoms with Crippen molar-refractivity contribution < 1.29 is 4.79 Å². The Balaban J connectivity index is 2.06. The van der Waals surface area contributed by atoms with Crippen LogP contribution >= 0.6 is 11.3 Å². The van der Waals surface area contributed by atoms with Crippen molar-refractivity contribution in [3.63, 3.8) is 0 Å². The number of hydrazine groups is 1. The molecule has 5 nitrogen and oxygen atoms in total. The van der Waals surface area contributed by atoms with Gasteiger partial charge in [-0.15, -0.1) is 11.3 Å². The number of nitrogens with one attached hydrogen (secondary N) is 1. The highest BCUT2D eigenvalue weighted by molar-refractivity contribution is 7.11. The summed E-state index contributed by atoms with van der Waals surface area (Å²) in [6.07, 6.45) is 0. The third-order valence-corrected chi connectivity index (χ3v) is 4.09. The van der Waals surface area contributed by atoms with Crippen molar-refractivity contribution in [2.24, 2.45) is 5.84 Å². The fourth-order valence-corrected chi connectivity index (χ4v) is 2.70. The standard InChI is InChI=1S/C15H20N4OS/c1-11(2)19(8-12-6-4-3-5-7-12)9-13-10-21-15(17-13)14(20)18-16/h3-7,10-11H,8-9,16H2,1-2H3,(H,18,20). The van der Waals surface area contributed by atoms with E-state index in [1.807, 2.05) is 23.6 Å². The summed E-state index contributed by atoms with van der Waals surface area (Å²) in [6, 6.07) is 10.7. The van der Waals surface area contributed by atoms with Crippen LogP contribution in [0.1, 0.15) is 34.9 Å². The molecule has 0 fully saturated rings. The SMILES string of the molecule is CC(C)N(Cc1ccccc1)Cc1csc(C(=O)NN)n1. The summed E-state index contributed by atoms with van der Waals surface area (Å²) in [5.41, 5.74) is 4.26. The number of nitrogens with zero attached hydrogens (tertiary/aromatic N) is 2. The van der Waals surface area contributed by atoms with Gasteiger partial charge < -0.3 is 0 Å². The van der Waals surface area contributed by atoms with E-state index in [9.17, 15) is 4.79 Å². The average Bonchev–Trinajstić information content (AvgIpc) is 2.95. The summed E-state index contributed by atoms with van der Waals surface area (Å²) in [5.74, 6) is 4.78. The van der Waals surface area contributed by atoms with Crippen LogP contribution in [0.4, 0.5) is 0 Å². The normalized spacial score (nSPS) is 11.1. The van der Waals surface area contributed by atoms with E-state index in [-0.39, 0.29) is 5.91 Å². The number of hydrogen-bond acceptors (Lipinski definition) is 5. The van der Waals surface area contributed by atoms with E-state index in [2.05, 4.69) is 41.3 Å². The maximum atomic E-state index is 11.4. The van der Waals surface area contributed by atoms with E-state index >= 15 is 0 Å². The smallest absolute Gasteiger partial charge is 0.291 e. The van der Waals surface area contributed by atoms with Gasteiger partial charge in [0.15, 0.2) is 5.01 Å². The molecule has 0 unspecified atom stereocenters. The van der Waals surface area contributed by atoms with Gasteiger partial charge in [-0.1, -0.05) is 30.3 Å². The molecule has 0 saturated carbocycles. The molecule has 0 radical (unpaired) electrons. The zero-order valence-corrected chi connectivity index (χ0v) is 13.1. The van der Waals surface area contributed by atoms with Crippen molar-refractivity contribution in [1.82, 2.24) is 15.3 Å². The first-order valence-electron chi connectivity index (χ1n) is 6.83. The Labute approximate surface area is 128 Å². The van der Waals surface area contributed by atoms with Gasteiger partial charge in [0.05, 0.1) is 5.69 Å². The molecule has 1 aromatic heterocycles. The summed E-state index contributed by atoms with van der Waals surface area (Å²) in [4.78, 5) is 18.1. The lowest BCUT2D eigenvalue weighted by molar-refractivity contribution is 0.0953.